The zero-order valence-electron chi connectivity index (χ0n) is 19.1. The summed E-state index contributed by atoms with van der Waals surface area (Å²) in [6.07, 6.45) is 4.87. The number of aromatic nitrogens is 2. The molecule has 0 spiro atoms. The molecule has 0 aliphatic heterocycles. The Morgan fingerprint density at radius 3 is 3.00 bits per heavy atom. The number of amides is 1. The SMILES string of the molecule is CCCCN(CC(=O)Nc1sc2c(c1C#N)CC[C@@H](C)C2)Cc1nc2ccccc2c(=O)[nH]1. The molecule has 1 amide bonds. The summed E-state index contributed by atoms with van der Waals surface area (Å²) in [5.41, 5.74) is 2.20. The summed E-state index contributed by atoms with van der Waals surface area (Å²) in [5, 5.41) is 13.9. The van der Waals surface area contributed by atoms with Gasteiger partial charge in [0.25, 0.3) is 5.56 Å². The van der Waals surface area contributed by atoms with E-state index >= 15 is 0 Å². The molecule has 1 atom stereocenters. The lowest BCUT2D eigenvalue weighted by Gasteiger charge is -2.21. The number of rotatable bonds is 8. The predicted octanol–water partition coefficient (Wildman–Crippen LogP) is 4.22. The fourth-order valence-corrected chi connectivity index (χ4v) is 5.72. The second kappa shape index (κ2) is 10.3. The van der Waals surface area contributed by atoms with Crippen molar-refractivity contribution in [2.45, 2.75) is 52.5 Å². The maximum Gasteiger partial charge on any atom is 0.258 e. The van der Waals surface area contributed by atoms with E-state index in [0.717, 1.165) is 37.7 Å². The molecule has 0 saturated heterocycles. The van der Waals surface area contributed by atoms with Crippen molar-refractivity contribution in [2.75, 3.05) is 18.4 Å². The van der Waals surface area contributed by atoms with Gasteiger partial charge in [-0.15, -0.1) is 11.3 Å². The summed E-state index contributed by atoms with van der Waals surface area (Å²) < 4.78 is 0. The van der Waals surface area contributed by atoms with Crippen molar-refractivity contribution < 1.29 is 4.79 Å². The largest absolute Gasteiger partial charge is 0.315 e. The van der Waals surface area contributed by atoms with Gasteiger partial charge in [-0.3, -0.25) is 14.5 Å². The predicted molar refractivity (Wildman–Crippen MR) is 131 cm³/mol. The van der Waals surface area contributed by atoms with Crippen LogP contribution in [0.5, 0.6) is 0 Å². The molecular formula is C25H29N5O2S. The third-order valence-corrected chi connectivity index (χ3v) is 7.28. The Balaban J connectivity index is 1.50. The number of H-pyrrole nitrogens is 1. The normalized spacial score (nSPS) is 15.4. The molecule has 2 N–H and O–H groups in total. The molecule has 1 aliphatic carbocycles. The number of thiophene rings is 1. The number of hydrogen-bond acceptors (Lipinski definition) is 6. The van der Waals surface area contributed by atoms with Crippen molar-refractivity contribution in [3.8, 4) is 6.07 Å². The summed E-state index contributed by atoms with van der Waals surface area (Å²) in [5.74, 6) is 0.991. The Kier molecular flexibility index (Phi) is 7.21. The second-order valence-corrected chi connectivity index (χ2v) is 9.92. The van der Waals surface area contributed by atoms with Crippen molar-refractivity contribution in [1.82, 2.24) is 14.9 Å². The Labute approximate surface area is 197 Å². The zero-order valence-corrected chi connectivity index (χ0v) is 19.9. The lowest BCUT2D eigenvalue weighted by Crippen LogP contribution is -2.34. The fraction of sp³-hybridized carbons (Fsp3) is 0.440. The third-order valence-electron chi connectivity index (χ3n) is 6.11. The minimum Gasteiger partial charge on any atom is -0.315 e. The van der Waals surface area contributed by atoms with Gasteiger partial charge in [0.05, 0.1) is 29.6 Å². The average Bonchev–Trinajstić information content (AvgIpc) is 3.13. The molecule has 0 bridgehead atoms. The molecule has 33 heavy (non-hydrogen) atoms. The van der Waals surface area contributed by atoms with Crippen LogP contribution in [0.25, 0.3) is 10.9 Å². The topological polar surface area (TPSA) is 102 Å². The van der Waals surface area contributed by atoms with Gasteiger partial charge in [-0.1, -0.05) is 32.4 Å². The van der Waals surface area contributed by atoms with E-state index in [1.165, 1.54) is 16.2 Å². The molecule has 3 aromatic rings. The molecule has 1 aliphatic rings. The highest BCUT2D eigenvalue weighted by atomic mass is 32.1. The van der Waals surface area contributed by atoms with Crippen LogP contribution in [0.1, 0.15) is 54.9 Å². The number of anilines is 1. The van der Waals surface area contributed by atoms with Crippen molar-refractivity contribution in [2.24, 2.45) is 5.92 Å². The monoisotopic (exact) mass is 463 g/mol. The number of nitrogens with one attached hydrogen (secondary N) is 2. The number of fused-ring (bicyclic) bond motifs is 2. The van der Waals surface area contributed by atoms with Gasteiger partial charge in [0.1, 0.15) is 16.9 Å². The highest BCUT2D eigenvalue weighted by Crippen LogP contribution is 2.39. The molecule has 0 radical (unpaired) electrons. The first-order chi connectivity index (χ1) is 16.0. The molecule has 7 nitrogen and oxygen atoms in total. The van der Waals surface area contributed by atoms with Gasteiger partial charge in [0.2, 0.25) is 5.91 Å². The van der Waals surface area contributed by atoms with Crippen LogP contribution in [0.3, 0.4) is 0 Å². The minimum absolute atomic E-state index is 0.155. The van der Waals surface area contributed by atoms with Gasteiger partial charge >= 0.3 is 0 Å². The van der Waals surface area contributed by atoms with Crippen molar-refractivity contribution in [3.63, 3.8) is 0 Å². The highest BCUT2D eigenvalue weighted by molar-refractivity contribution is 7.16. The maximum absolute atomic E-state index is 13.0. The number of nitrogens with zero attached hydrogens (tertiary/aromatic N) is 3. The Morgan fingerprint density at radius 1 is 1.39 bits per heavy atom. The number of nitriles is 1. The Hall–Kier alpha value is -3.02. The number of unbranched alkanes of at least 4 members (excludes halogenated alkanes) is 1. The molecule has 1 aromatic carbocycles. The number of carbonyl (C=O) groups excluding carboxylic acids is 1. The van der Waals surface area contributed by atoms with Crippen molar-refractivity contribution >= 4 is 33.1 Å². The lowest BCUT2D eigenvalue weighted by atomic mass is 9.89. The summed E-state index contributed by atoms with van der Waals surface area (Å²) in [7, 11) is 0. The van der Waals surface area contributed by atoms with Gasteiger partial charge in [-0.2, -0.15) is 5.26 Å². The van der Waals surface area contributed by atoms with Crippen LogP contribution < -0.4 is 10.9 Å². The van der Waals surface area contributed by atoms with Gasteiger partial charge in [0, 0.05) is 4.88 Å². The van der Waals surface area contributed by atoms with Gasteiger partial charge < -0.3 is 10.3 Å². The standard InChI is InChI=1S/C25H29N5O2S/c1-3-4-11-30(14-22-27-20-8-6-5-7-18(20)24(32)28-22)15-23(31)29-25-19(13-26)17-10-9-16(2)12-21(17)33-25/h5-8,16H,3-4,9-12,14-15H2,1-2H3,(H,29,31)(H,27,28,32)/t16-/m1/s1. The number of aromatic amines is 1. The third kappa shape index (κ3) is 5.32. The second-order valence-electron chi connectivity index (χ2n) is 8.81. The Morgan fingerprint density at radius 2 is 2.21 bits per heavy atom. The van der Waals surface area contributed by atoms with Crippen molar-refractivity contribution in [1.29, 1.82) is 5.26 Å². The molecule has 2 heterocycles. The van der Waals surface area contributed by atoms with E-state index in [0.29, 0.717) is 46.3 Å². The van der Waals surface area contributed by atoms with E-state index in [1.54, 1.807) is 6.07 Å². The van der Waals surface area contributed by atoms with Gasteiger partial charge in [0.15, 0.2) is 0 Å². The minimum atomic E-state index is -0.174. The van der Waals surface area contributed by atoms with Gasteiger partial charge in [-0.25, -0.2) is 4.98 Å². The molecule has 2 aromatic heterocycles. The van der Waals surface area contributed by atoms with Crippen LogP contribution in [-0.4, -0.2) is 33.9 Å². The smallest absolute Gasteiger partial charge is 0.258 e. The first kappa shape index (κ1) is 23.1. The van der Waals surface area contributed by atoms with E-state index in [9.17, 15) is 14.9 Å². The molecule has 0 saturated carbocycles. The van der Waals surface area contributed by atoms with Gasteiger partial charge in [-0.05, 0) is 55.8 Å². The van der Waals surface area contributed by atoms with E-state index in [2.05, 4.69) is 35.2 Å². The van der Waals surface area contributed by atoms with Crippen LogP contribution in [0, 0.1) is 17.2 Å². The molecule has 172 valence electrons. The lowest BCUT2D eigenvalue weighted by molar-refractivity contribution is -0.117. The fourth-order valence-electron chi connectivity index (χ4n) is 4.34. The van der Waals surface area contributed by atoms with Crippen molar-refractivity contribution in [3.05, 3.63) is 56.4 Å². The molecule has 0 fully saturated rings. The highest BCUT2D eigenvalue weighted by Gasteiger charge is 2.25. The van der Waals surface area contributed by atoms with Crippen LogP contribution in [-0.2, 0) is 24.2 Å². The van der Waals surface area contributed by atoms with E-state index in [-0.39, 0.29) is 18.0 Å². The number of carbonyl (C=O) groups is 1. The molecule has 4 rings (SSSR count). The number of benzene rings is 1. The van der Waals surface area contributed by atoms with Crippen LogP contribution in [0.2, 0.25) is 0 Å². The summed E-state index contributed by atoms with van der Waals surface area (Å²) in [6.45, 7) is 5.58. The molecule has 0 unspecified atom stereocenters. The van der Waals surface area contributed by atoms with E-state index < -0.39 is 0 Å². The first-order valence-electron chi connectivity index (χ1n) is 11.5. The average molecular weight is 464 g/mol. The number of para-hydroxylation sites is 1. The number of hydrogen-bond donors (Lipinski definition) is 2. The molecular weight excluding hydrogens is 434 g/mol. The van der Waals surface area contributed by atoms with Crippen LogP contribution >= 0.6 is 11.3 Å². The molecule has 8 heteroatoms. The summed E-state index contributed by atoms with van der Waals surface area (Å²) in [4.78, 5) is 36.0. The zero-order chi connectivity index (χ0) is 23.4. The van der Waals surface area contributed by atoms with E-state index in [4.69, 9.17) is 0 Å². The first-order valence-corrected chi connectivity index (χ1v) is 12.3. The quantitative estimate of drug-likeness (QED) is 0.521. The van der Waals surface area contributed by atoms with Crippen LogP contribution in [0.15, 0.2) is 29.1 Å². The van der Waals surface area contributed by atoms with Crippen LogP contribution in [0.4, 0.5) is 5.00 Å². The Bertz CT molecular complexity index is 1260. The summed E-state index contributed by atoms with van der Waals surface area (Å²) in [6, 6.07) is 9.55. The maximum atomic E-state index is 13.0. The summed E-state index contributed by atoms with van der Waals surface area (Å²) >= 11 is 1.54. The van der Waals surface area contributed by atoms with E-state index in [1.807, 2.05) is 23.1 Å².